The molecule has 128 valence electrons. The molecule has 8 heteroatoms. The highest BCUT2D eigenvalue weighted by Gasteiger charge is 2.33. The Bertz CT molecular complexity index is 888. The number of aryl methyl sites for hydroxylation is 1. The van der Waals surface area contributed by atoms with Crippen molar-refractivity contribution in [1.29, 1.82) is 0 Å². The summed E-state index contributed by atoms with van der Waals surface area (Å²) in [6.45, 7) is 1.58. The van der Waals surface area contributed by atoms with E-state index in [4.69, 9.17) is 16.6 Å². The molecule has 25 heavy (non-hydrogen) atoms. The topological polar surface area (TPSA) is 82.8 Å². The summed E-state index contributed by atoms with van der Waals surface area (Å²) in [5.41, 5.74) is 0.277. The highest BCUT2D eigenvalue weighted by Crippen LogP contribution is 2.32. The number of hydrogen-bond donors (Lipinski definition) is 2. The Hall–Kier alpha value is -2.58. The minimum absolute atomic E-state index is 0.0469. The number of nitrogens with zero attached hydrogens (tertiary/aromatic N) is 1. The van der Waals surface area contributed by atoms with E-state index in [1.165, 1.54) is 11.0 Å². The standard InChI is InChI=1S/C17H14N2O4S2/c1-10-6-7-11(23-10)8-14-16(22)19(17(24)25-14)9-15(21)18-12-4-2-3-5-13(12)20/h2-8,20H,9H2,1H3,(H,18,21)/b14-8-. The number of carbonyl (C=O) groups excluding carboxylic acids is 2. The lowest BCUT2D eigenvalue weighted by atomic mass is 10.3. The lowest BCUT2D eigenvalue weighted by molar-refractivity contribution is -0.126. The predicted molar refractivity (Wildman–Crippen MR) is 100 cm³/mol. The molecule has 0 aliphatic carbocycles. The molecular weight excluding hydrogens is 360 g/mol. The molecule has 6 nitrogen and oxygen atoms in total. The van der Waals surface area contributed by atoms with Crippen molar-refractivity contribution in [2.75, 3.05) is 11.9 Å². The molecule has 1 aliphatic rings. The van der Waals surface area contributed by atoms with Crippen LogP contribution in [0, 0.1) is 6.92 Å². The molecular formula is C17H14N2O4S2. The lowest BCUT2D eigenvalue weighted by Crippen LogP contribution is -2.36. The molecule has 1 aromatic carbocycles. The molecule has 0 bridgehead atoms. The molecule has 3 rings (SSSR count). The fraction of sp³-hybridized carbons (Fsp3) is 0.118. The third-order valence-corrected chi connectivity index (χ3v) is 4.77. The molecule has 0 radical (unpaired) electrons. The average molecular weight is 374 g/mol. The maximum Gasteiger partial charge on any atom is 0.266 e. The molecule has 2 heterocycles. The van der Waals surface area contributed by atoms with Gasteiger partial charge in [0.15, 0.2) is 0 Å². The van der Waals surface area contributed by atoms with Crippen LogP contribution in [0.3, 0.4) is 0 Å². The Morgan fingerprint density at radius 3 is 2.80 bits per heavy atom. The zero-order valence-electron chi connectivity index (χ0n) is 13.2. The van der Waals surface area contributed by atoms with Crippen LogP contribution in [0.25, 0.3) is 6.08 Å². The number of thioether (sulfide) groups is 1. The molecule has 2 amide bonds. The number of thiocarbonyl (C=S) groups is 1. The van der Waals surface area contributed by atoms with E-state index in [0.717, 1.165) is 17.5 Å². The van der Waals surface area contributed by atoms with Crippen LogP contribution in [0.4, 0.5) is 5.69 Å². The number of nitrogens with one attached hydrogen (secondary N) is 1. The van der Waals surface area contributed by atoms with Gasteiger partial charge in [-0.05, 0) is 31.2 Å². The molecule has 0 unspecified atom stereocenters. The SMILES string of the molecule is Cc1ccc(/C=C2\SC(=S)N(CC(=O)Nc3ccccc3O)C2=O)o1. The zero-order valence-corrected chi connectivity index (χ0v) is 14.8. The van der Waals surface area contributed by atoms with Crippen molar-refractivity contribution in [2.24, 2.45) is 0 Å². The zero-order chi connectivity index (χ0) is 18.0. The number of benzene rings is 1. The van der Waals surface area contributed by atoms with Crippen LogP contribution in [-0.4, -0.2) is 32.7 Å². The quantitative estimate of drug-likeness (QED) is 0.486. The molecule has 1 aromatic heterocycles. The highest BCUT2D eigenvalue weighted by molar-refractivity contribution is 8.26. The van der Waals surface area contributed by atoms with Crippen LogP contribution in [0.5, 0.6) is 5.75 Å². The molecule has 0 saturated carbocycles. The lowest BCUT2D eigenvalue weighted by Gasteiger charge is -2.14. The minimum Gasteiger partial charge on any atom is -0.506 e. The monoisotopic (exact) mass is 374 g/mol. The summed E-state index contributed by atoms with van der Waals surface area (Å²) in [6, 6.07) is 9.91. The molecule has 2 N–H and O–H groups in total. The largest absolute Gasteiger partial charge is 0.506 e. The van der Waals surface area contributed by atoms with Crippen LogP contribution in [0.15, 0.2) is 45.7 Å². The first-order valence-corrected chi connectivity index (χ1v) is 8.56. The Morgan fingerprint density at radius 1 is 1.36 bits per heavy atom. The number of rotatable bonds is 4. The summed E-state index contributed by atoms with van der Waals surface area (Å²) >= 11 is 6.31. The number of amides is 2. The molecule has 1 aliphatic heterocycles. The van der Waals surface area contributed by atoms with Gasteiger partial charge in [0.25, 0.3) is 5.91 Å². The number of hydrogen-bond acceptors (Lipinski definition) is 6. The fourth-order valence-electron chi connectivity index (χ4n) is 2.21. The molecule has 0 atom stereocenters. The number of aromatic hydroxyl groups is 1. The molecule has 0 spiro atoms. The van der Waals surface area contributed by atoms with Gasteiger partial charge in [-0.3, -0.25) is 14.5 Å². The maximum atomic E-state index is 12.5. The van der Waals surface area contributed by atoms with Gasteiger partial charge in [0, 0.05) is 6.08 Å². The van der Waals surface area contributed by atoms with E-state index in [0.29, 0.717) is 15.0 Å². The molecule has 1 saturated heterocycles. The van der Waals surface area contributed by atoms with Crippen molar-refractivity contribution in [1.82, 2.24) is 4.90 Å². The minimum atomic E-state index is -0.451. The summed E-state index contributed by atoms with van der Waals surface area (Å²) in [5, 5.41) is 12.2. The van der Waals surface area contributed by atoms with Gasteiger partial charge >= 0.3 is 0 Å². The van der Waals surface area contributed by atoms with Gasteiger partial charge in [0.1, 0.15) is 28.1 Å². The molecule has 1 fully saturated rings. The van der Waals surface area contributed by atoms with E-state index >= 15 is 0 Å². The maximum absolute atomic E-state index is 12.5. The van der Waals surface area contributed by atoms with E-state index in [1.807, 2.05) is 6.92 Å². The number of phenols is 1. The number of phenolic OH excluding ortho intramolecular Hbond substituents is 1. The van der Waals surface area contributed by atoms with Crippen molar-refractivity contribution < 1.29 is 19.1 Å². The van der Waals surface area contributed by atoms with Gasteiger partial charge in [-0.25, -0.2) is 0 Å². The Balaban J connectivity index is 1.69. The smallest absolute Gasteiger partial charge is 0.266 e. The van der Waals surface area contributed by atoms with Crippen molar-refractivity contribution in [3.05, 3.63) is 52.8 Å². The number of carbonyl (C=O) groups is 2. The van der Waals surface area contributed by atoms with E-state index < -0.39 is 5.91 Å². The van der Waals surface area contributed by atoms with Gasteiger partial charge in [0.05, 0.1) is 10.6 Å². The second-order valence-electron chi connectivity index (χ2n) is 5.28. The summed E-state index contributed by atoms with van der Waals surface area (Å²) in [4.78, 5) is 26.2. The summed E-state index contributed by atoms with van der Waals surface area (Å²) in [6.07, 6.45) is 1.60. The van der Waals surface area contributed by atoms with Crippen molar-refractivity contribution in [3.8, 4) is 5.75 Å². The number of anilines is 1. The number of para-hydroxylation sites is 2. The summed E-state index contributed by atoms with van der Waals surface area (Å²) in [5.74, 6) is 0.444. The third-order valence-electron chi connectivity index (χ3n) is 3.39. The number of furan rings is 1. The second kappa shape index (κ2) is 7.12. The Morgan fingerprint density at radius 2 is 2.12 bits per heavy atom. The van der Waals surface area contributed by atoms with Crippen molar-refractivity contribution in [2.45, 2.75) is 6.92 Å². The van der Waals surface area contributed by atoms with Gasteiger partial charge in [-0.15, -0.1) is 0 Å². The van der Waals surface area contributed by atoms with Gasteiger partial charge < -0.3 is 14.8 Å². The van der Waals surface area contributed by atoms with E-state index in [9.17, 15) is 14.7 Å². The first-order valence-electron chi connectivity index (χ1n) is 7.33. The first kappa shape index (κ1) is 17.2. The van der Waals surface area contributed by atoms with Crippen molar-refractivity contribution >= 4 is 51.9 Å². The summed E-state index contributed by atoms with van der Waals surface area (Å²) < 4.78 is 5.72. The Kier molecular flexibility index (Phi) is 4.91. The van der Waals surface area contributed by atoms with E-state index in [1.54, 1.807) is 36.4 Å². The van der Waals surface area contributed by atoms with Gasteiger partial charge in [-0.1, -0.05) is 36.1 Å². The van der Waals surface area contributed by atoms with Crippen molar-refractivity contribution in [3.63, 3.8) is 0 Å². The summed E-state index contributed by atoms with van der Waals surface area (Å²) in [7, 11) is 0. The normalized spacial score (nSPS) is 15.9. The third kappa shape index (κ3) is 3.92. The van der Waals surface area contributed by atoms with Crippen LogP contribution < -0.4 is 5.32 Å². The second-order valence-corrected chi connectivity index (χ2v) is 6.96. The van der Waals surface area contributed by atoms with Gasteiger partial charge in [-0.2, -0.15) is 0 Å². The average Bonchev–Trinajstić information content (AvgIpc) is 3.08. The highest BCUT2D eigenvalue weighted by atomic mass is 32.2. The first-order chi connectivity index (χ1) is 11.9. The van der Waals surface area contributed by atoms with E-state index in [2.05, 4.69) is 5.32 Å². The van der Waals surface area contributed by atoms with Crippen LogP contribution in [0.1, 0.15) is 11.5 Å². The van der Waals surface area contributed by atoms with Crippen LogP contribution in [0.2, 0.25) is 0 Å². The van der Waals surface area contributed by atoms with Crippen LogP contribution in [-0.2, 0) is 9.59 Å². The molecule has 2 aromatic rings. The fourth-order valence-corrected chi connectivity index (χ4v) is 3.44. The predicted octanol–water partition coefficient (Wildman–Crippen LogP) is 3.13. The Labute approximate surface area is 153 Å². The van der Waals surface area contributed by atoms with Gasteiger partial charge in [0.2, 0.25) is 5.91 Å². The van der Waals surface area contributed by atoms with Crippen LogP contribution >= 0.6 is 24.0 Å². The van der Waals surface area contributed by atoms with E-state index in [-0.39, 0.29) is 23.9 Å².